The Labute approximate surface area is 194 Å². The van der Waals surface area contributed by atoms with Crippen LogP contribution in [-0.4, -0.2) is 76.1 Å². The van der Waals surface area contributed by atoms with E-state index in [0.717, 1.165) is 0 Å². The standard InChI is InChI=1S/C13H5N5O9.K/c19-13-5-3-1-2-4-6(5)14-8-7(13)9(15(20)21)11(17(24)25)12(18(26)27)10(8)16(22)23;/h1-4H,(H,14,19);. The second-order valence-electron chi connectivity index (χ2n) is 5.17. The molecule has 1 radical (unpaired) electrons. The summed E-state index contributed by atoms with van der Waals surface area (Å²) in [7, 11) is 0. The van der Waals surface area contributed by atoms with E-state index in [2.05, 4.69) is 4.98 Å². The van der Waals surface area contributed by atoms with Crippen LogP contribution in [0.2, 0.25) is 0 Å². The van der Waals surface area contributed by atoms with Crippen molar-refractivity contribution in [3.63, 3.8) is 0 Å². The molecule has 14 nitrogen and oxygen atoms in total. The van der Waals surface area contributed by atoms with Gasteiger partial charge < -0.3 is 4.98 Å². The summed E-state index contributed by atoms with van der Waals surface area (Å²) in [6.07, 6.45) is 0. The number of fused-ring (bicyclic) bond motifs is 2. The molecule has 0 spiro atoms. The molecule has 0 fully saturated rings. The quantitative estimate of drug-likeness (QED) is 0.286. The maximum absolute atomic E-state index is 12.7. The third-order valence-electron chi connectivity index (χ3n) is 3.79. The van der Waals surface area contributed by atoms with E-state index < -0.39 is 58.8 Å². The van der Waals surface area contributed by atoms with Crippen molar-refractivity contribution in [3.8, 4) is 0 Å². The summed E-state index contributed by atoms with van der Waals surface area (Å²) in [5, 5.41) is 44.4. The van der Waals surface area contributed by atoms with Crippen molar-refractivity contribution in [2.45, 2.75) is 0 Å². The molecule has 0 saturated carbocycles. The Bertz CT molecular complexity index is 1270. The molecule has 3 rings (SSSR count). The Morgan fingerprint density at radius 3 is 1.68 bits per heavy atom. The van der Waals surface area contributed by atoms with Gasteiger partial charge in [0.2, 0.25) is 5.43 Å². The van der Waals surface area contributed by atoms with Gasteiger partial charge in [-0.05, 0) is 12.1 Å². The van der Waals surface area contributed by atoms with E-state index in [1.54, 1.807) is 0 Å². The zero-order valence-electron chi connectivity index (χ0n) is 13.8. The summed E-state index contributed by atoms with van der Waals surface area (Å²) in [5.74, 6) is 0. The molecule has 15 heteroatoms. The number of hydrogen-bond acceptors (Lipinski definition) is 9. The molecule has 137 valence electrons. The SMILES string of the molecule is O=c1c2ccccc2[nH]c2c([N+](=O)[O-])c([N+](=O)[O-])c([N+](=O)[O-])c([N+](=O)[O-])c12.[K]. The minimum atomic E-state index is -1.73. The molecular weight excluding hydrogens is 409 g/mol. The molecule has 2 aromatic carbocycles. The molecule has 0 bridgehead atoms. The maximum atomic E-state index is 12.7. The van der Waals surface area contributed by atoms with Crippen molar-refractivity contribution in [1.29, 1.82) is 0 Å². The molecule has 0 aliphatic carbocycles. The summed E-state index contributed by atoms with van der Waals surface area (Å²) < 4.78 is 0. The van der Waals surface area contributed by atoms with E-state index in [4.69, 9.17) is 0 Å². The van der Waals surface area contributed by atoms with Crippen LogP contribution in [0.15, 0.2) is 29.1 Å². The van der Waals surface area contributed by atoms with Crippen molar-refractivity contribution < 1.29 is 19.7 Å². The maximum Gasteiger partial charge on any atom is 0.432 e. The summed E-state index contributed by atoms with van der Waals surface area (Å²) in [4.78, 5) is 55.0. The Balaban J connectivity index is 0.00000280. The average Bonchev–Trinajstić information content (AvgIpc) is 2.59. The van der Waals surface area contributed by atoms with Crippen LogP contribution in [0.4, 0.5) is 22.7 Å². The van der Waals surface area contributed by atoms with Crippen molar-refractivity contribution in [3.05, 3.63) is 74.9 Å². The largest absolute Gasteiger partial charge is 0.432 e. The molecule has 0 aliphatic heterocycles. The van der Waals surface area contributed by atoms with E-state index in [1.165, 1.54) is 24.3 Å². The molecule has 1 heterocycles. The number of pyridine rings is 1. The van der Waals surface area contributed by atoms with E-state index in [0.29, 0.717) is 0 Å². The Hall–Kier alpha value is -2.85. The smallest absolute Gasteiger partial charge is 0.348 e. The van der Waals surface area contributed by atoms with E-state index in [9.17, 15) is 45.3 Å². The van der Waals surface area contributed by atoms with E-state index >= 15 is 0 Å². The van der Waals surface area contributed by atoms with Gasteiger partial charge in [0.25, 0.3) is 0 Å². The third-order valence-corrected chi connectivity index (χ3v) is 3.79. The molecule has 0 amide bonds. The first-order valence-electron chi connectivity index (χ1n) is 6.89. The Morgan fingerprint density at radius 1 is 0.714 bits per heavy atom. The van der Waals surface area contributed by atoms with Gasteiger partial charge in [-0.1, -0.05) is 12.1 Å². The number of H-pyrrole nitrogens is 1. The van der Waals surface area contributed by atoms with Gasteiger partial charge >= 0.3 is 22.7 Å². The zero-order valence-corrected chi connectivity index (χ0v) is 16.9. The molecule has 0 aliphatic rings. The van der Waals surface area contributed by atoms with Crippen LogP contribution in [0.3, 0.4) is 0 Å². The second-order valence-corrected chi connectivity index (χ2v) is 5.17. The molecule has 3 aromatic rings. The van der Waals surface area contributed by atoms with Crippen LogP contribution < -0.4 is 5.43 Å². The van der Waals surface area contributed by atoms with Crippen molar-refractivity contribution in [1.82, 2.24) is 4.98 Å². The van der Waals surface area contributed by atoms with Gasteiger partial charge in [-0.2, -0.15) is 0 Å². The van der Waals surface area contributed by atoms with Gasteiger partial charge in [-0.15, -0.1) is 0 Å². The predicted octanol–water partition coefficient (Wildman–Crippen LogP) is 1.93. The number of aromatic nitrogens is 1. The number of benzene rings is 2. The third kappa shape index (κ3) is 3.14. The van der Waals surface area contributed by atoms with Gasteiger partial charge in [0.05, 0.1) is 19.7 Å². The number of nitrogens with one attached hydrogen (secondary N) is 1. The number of nitro benzene ring substituents is 4. The van der Waals surface area contributed by atoms with Crippen molar-refractivity contribution >= 4 is 95.9 Å². The summed E-state index contributed by atoms with van der Waals surface area (Å²) in [6, 6.07) is 5.42. The van der Waals surface area contributed by atoms with Crippen LogP contribution >= 0.6 is 0 Å². The van der Waals surface area contributed by atoms with Gasteiger partial charge in [0.15, 0.2) is 0 Å². The first-order chi connectivity index (χ1) is 12.7. The fraction of sp³-hybridized carbons (Fsp3) is 0. The topological polar surface area (TPSA) is 205 Å². The van der Waals surface area contributed by atoms with Crippen LogP contribution in [0, 0.1) is 40.5 Å². The molecule has 0 unspecified atom stereocenters. The normalized spacial score (nSPS) is 10.4. The fourth-order valence-corrected chi connectivity index (χ4v) is 2.80. The molecule has 0 atom stereocenters. The van der Waals surface area contributed by atoms with Crippen LogP contribution in [0.25, 0.3) is 21.8 Å². The molecular formula is C13H5KN5O9. The monoisotopic (exact) mass is 414 g/mol. The van der Waals surface area contributed by atoms with Gasteiger partial charge in [-0.25, -0.2) is 0 Å². The predicted molar refractivity (Wildman–Crippen MR) is 94.4 cm³/mol. The molecule has 1 N–H and O–H groups in total. The number of hydrogen-bond donors (Lipinski definition) is 1. The Kier molecular flexibility index (Phi) is 5.85. The van der Waals surface area contributed by atoms with Crippen molar-refractivity contribution in [2.75, 3.05) is 0 Å². The molecule has 28 heavy (non-hydrogen) atoms. The first-order valence-corrected chi connectivity index (χ1v) is 6.89. The van der Waals surface area contributed by atoms with Crippen LogP contribution in [-0.2, 0) is 0 Å². The number of aromatic amines is 1. The summed E-state index contributed by atoms with van der Waals surface area (Å²) in [6.45, 7) is 0. The van der Waals surface area contributed by atoms with Crippen LogP contribution in [0.1, 0.15) is 0 Å². The number of nitrogens with zero attached hydrogens (tertiary/aromatic N) is 4. The minimum absolute atomic E-state index is 0. The van der Waals surface area contributed by atoms with Gasteiger partial charge in [-0.3, -0.25) is 45.3 Å². The number of rotatable bonds is 4. The van der Waals surface area contributed by atoms with E-state index in [-0.39, 0.29) is 62.3 Å². The number of para-hydroxylation sites is 1. The first kappa shape index (κ1) is 21.4. The number of nitro groups is 4. The van der Waals surface area contributed by atoms with Crippen LogP contribution in [0.5, 0.6) is 0 Å². The minimum Gasteiger partial charge on any atom is -0.348 e. The second kappa shape index (κ2) is 7.64. The zero-order chi connectivity index (χ0) is 20.0. The van der Waals surface area contributed by atoms with Gasteiger partial charge in [0.1, 0.15) is 10.9 Å². The average molecular weight is 414 g/mol. The molecule has 1 aromatic heterocycles. The van der Waals surface area contributed by atoms with E-state index in [1.807, 2.05) is 0 Å². The summed E-state index contributed by atoms with van der Waals surface area (Å²) in [5.41, 5.74) is -8.25. The molecule has 0 saturated heterocycles. The van der Waals surface area contributed by atoms with Crippen molar-refractivity contribution in [2.24, 2.45) is 0 Å². The Morgan fingerprint density at radius 2 is 1.18 bits per heavy atom. The fourth-order valence-electron chi connectivity index (χ4n) is 2.80. The van der Waals surface area contributed by atoms with Gasteiger partial charge in [0, 0.05) is 62.3 Å². The summed E-state index contributed by atoms with van der Waals surface area (Å²) >= 11 is 0.